The Balaban J connectivity index is 1.69. The summed E-state index contributed by atoms with van der Waals surface area (Å²) in [4.78, 5) is 25.2. The molecule has 1 heterocycles. The Hall–Kier alpha value is -3.61. The van der Waals surface area contributed by atoms with Crippen LogP contribution >= 0.6 is 0 Å². The van der Waals surface area contributed by atoms with E-state index in [1.165, 1.54) is 18.4 Å². The van der Waals surface area contributed by atoms with E-state index in [4.69, 9.17) is 9.15 Å². The first-order chi connectivity index (χ1) is 14.1. The number of anilines is 1. The van der Waals surface area contributed by atoms with E-state index in [0.29, 0.717) is 23.4 Å². The Morgan fingerprint density at radius 3 is 2.55 bits per heavy atom. The van der Waals surface area contributed by atoms with Crippen LogP contribution in [0.2, 0.25) is 0 Å². The number of hydrogen-bond donors (Lipinski definition) is 2. The van der Waals surface area contributed by atoms with Crippen molar-refractivity contribution in [2.75, 3.05) is 5.32 Å². The maximum Gasteiger partial charge on any atom is 0.265 e. The molecule has 0 saturated heterocycles. The molecule has 0 radical (unpaired) electrons. The van der Waals surface area contributed by atoms with Crippen molar-refractivity contribution in [2.24, 2.45) is 0 Å². The molecule has 7 heteroatoms. The van der Waals surface area contributed by atoms with Crippen molar-refractivity contribution < 1.29 is 23.1 Å². The molecular formula is C22H21FN2O4. The number of ether oxygens (including phenoxy) is 1. The number of para-hydroxylation sites is 2. The molecular weight excluding hydrogens is 375 g/mol. The maximum absolute atomic E-state index is 13.8. The quantitative estimate of drug-likeness (QED) is 0.600. The highest BCUT2D eigenvalue weighted by Crippen LogP contribution is 2.20. The Morgan fingerprint density at radius 2 is 1.83 bits per heavy atom. The maximum atomic E-state index is 13.8. The fourth-order valence-electron chi connectivity index (χ4n) is 2.69. The lowest BCUT2D eigenvalue weighted by Crippen LogP contribution is -2.33. The third-order valence-corrected chi connectivity index (χ3v) is 4.20. The van der Waals surface area contributed by atoms with E-state index in [1.807, 2.05) is 0 Å². The highest BCUT2D eigenvalue weighted by Gasteiger charge is 2.22. The number of halogens is 1. The first kappa shape index (κ1) is 20.1. The number of amides is 2. The minimum atomic E-state index is -0.911. The topological polar surface area (TPSA) is 80.6 Å². The molecule has 0 saturated carbocycles. The lowest BCUT2D eigenvalue weighted by Gasteiger charge is -2.18. The number of nitrogens with one attached hydrogen (secondary N) is 2. The van der Waals surface area contributed by atoms with E-state index >= 15 is 0 Å². The summed E-state index contributed by atoms with van der Waals surface area (Å²) < 4.78 is 24.6. The Labute approximate surface area is 167 Å². The normalized spacial score (nSPS) is 11.5. The van der Waals surface area contributed by atoms with Crippen molar-refractivity contribution in [1.82, 2.24) is 5.32 Å². The van der Waals surface area contributed by atoms with Crippen molar-refractivity contribution >= 4 is 17.5 Å². The van der Waals surface area contributed by atoms with Crippen LogP contribution in [0, 0.1) is 5.82 Å². The minimum Gasteiger partial charge on any atom is -0.478 e. The van der Waals surface area contributed by atoms with Crippen molar-refractivity contribution in [1.29, 1.82) is 0 Å². The van der Waals surface area contributed by atoms with Gasteiger partial charge >= 0.3 is 0 Å². The molecule has 3 aromatic rings. The highest BCUT2D eigenvalue weighted by molar-refractivity contribution is 6.04. The van der Waals surface area contributed by atoms with Crippen LogP contribution in [0.4, 0.5) is 10.1 Å². The van der Waals surface area contributed by atoms with Gasteiger partial charge in [0.2, 0.25) is 0 Å². The van der Waals surface area contributed by atoms with Gasteiger partial charge in [-0.05, 0) is 42.8 Å². The third-order valence-electron chi connectivity index (χ3n) is 4.20. The van der Waals surface area contributed by atoms with Crippen LogP contribution in [0.5, 0.6) is 5.75 Å². The van der Waals surface area contributed by atoms with Gasteiger partial charge in [0, 0.05) is 0 Å². The zero-order chi connectivity index (χ0) is 20.6. The van der Waals surface area contributed by atoms with E-state index in [2.05, 4.69) is 10.6 Å². The van der Waals surface area contributed by atoms with E-state index in [0.717, 1.165) is 0 Å². The Bertz CT molecular complexity index is 972. The first-order valence-electron chi connectivity index (χ1n) is 9.20. The number of furan rings is 1. The van der Waals surface area contributed by atoms with Gasteiger partial charge in [0.1, 0.15) is 5.76 Å². The molecule has 0 aliphatic heterocycles. The zero-order valence-electron chi connectivity index (χ0n) is 15.9. The second-order valence-corrected chi connectivity index (χ2v) is 6.24. The molecule has 2 amide bonds. The van der Waals surface area contributed by atoms with Gasteiger partial charge < -0.3 is 19.8 Å². The second-order valence-electron chi connectivity index (χ2n) is 6.24. The molecule has 0 aliphatic carbocycles. The lowest BCUT2D eigenvalue weighted by atomic mass is 10.1. The van der Waals surface area contributed by atoms with E-state index in [1.54, 1.807) is 55.5 Å². The second kappa shape index (κ2) is 9.54. The minimum absolute atomic E-state index is 0.000948. The number of carbonyl (C=O) groups is 2. The third kappa shape index (κ3) is 5.22. The van der Waals surface area contributed by atoms with Gasteiger partial charge in [-0.15, -0.1) is 0 Å². The Kier molecular flexibility index (Phi) is 6.63. The van der Waals surface area contributed by atoms with Gasteiger partial charge in [-0.2, -0.15) is 0 Å². The van der Waals surface area contributed by atoms with Gasteiger partial charge in [-0.3, -0.25) is 9.59 Å². The molecule has 2 N–H and O–H groups in total. The molecule has 1 aromatic heterocycles. The monoisotopic (exact) mass is 396 g/mol. The van der Waals surface area contributed by atoms with E-state index in [-0.39, 0.29) is 18.2 Å². The lowest BCUT2D eigenvalue weighted by molar-refractivity contribution is -0.122. The molecule has 0 unspecified atom stereocenters. The number of rotatable bonds is 8. The summed E-state index contributed by atoms with van der Waals surface area (Å²) >= 11 is 0. The summed E-state index contributed by atoms with van der Waals surface area (Å²) in [5.74, 6) is -0.762. The summed E-state index contributed by atoms with van der Waals surface area (Å²) in [7, 11) is 0. The molecule has 0 bridgehead atoms. The number of carbonyl (C=O) groups excluding carboxylic acids is 2. The predicted molar refractivity (Wildman–Crippen MR) is 106 cm³/mol. The van der Waals surface area contributed by atoms with Crippen molar-refractivity contribution in [2.45, 2.75) is 26.0 Å². The molecule has 2 aromatic carbocycles. The van der Waals surface area contributed by atoms with E-state index < -0.39 is 17.8 Å². The summed E-state index contributed by atoms with van der Waals surface area (Å²) in [6.45, 7) is 1.98. The standard InChI is InChI=1S/C22H21FN2O4/c1-2-19(29-20-12-6-4-10-17(20)23)22(27)25-18-11-5-3-9-16(18)21(26)24-14-15-8-7-13-28-15/h3-13,19H,2,14H2,1H3,(H,24,26)(H,25,27)/t19-/m1/s1. The van der Waals surface area contributed by atoms with Crippen molar-refractivity contribution in [3.05, 3.63) is 84.1 Å². The van der Waals surface area contributed by atoms with Gasteiger partial charge in [0.25, 0.3) is 11.8 Å². The van der Waals surface area contributed by atoms with Crippen LogP contribution in [-0.2, 0) is 11.3 Å². The fraction of sp³-hybridized carbons (Fsp3) is 0.182. The molecule has 3 rings (SSSR count). The summed E-state index contributed by atoms with van der Waals surface area (Å²) in [5.41, 5.74) is 0.637. The fourth-order valence-corrected chi connectivity index (χ4v) is 2.69. The van der Waals surface area contributed by atoms with E-state index in [9.17, 15) is 14.0 Å². The van der Waals surface area contributed by atoms with Crippen LogP contribution in [0.1, 0.15) is 29.5 Å². The van der Waals surface area contributed by atoms with Gasteiger partial charge in [-0.1, -0.05) is 31.2 Å². The highest BCUT2D eigenvalue weighted by atomic mass is 19.1. The summed E-state index contributed by atoms with van der Waals surface area (Å²) in [6.07, 6.45) is 0.939. The molecule has 0 fully saturated rings. The molecule has 0 spiro atoms. The van der Waals surface area contributed by atoms with Gasteiger partial charge in [0.15, 0.2) is 17.7 Å². The molecule has 29 heavy (non-hydrogen) atoms. The van der Waals surface area contributed by atoms with Gasteiger partial charge in [-0.25, -0.2) is 4.39 Å². The van der Waals surface area contributed by atoms with Crippen LogP contribution in [0.3, 0.4) is 0 Å². The smallest absolute Gasteiger partial charge is 0.265 e. The average Bonchev–Trinajstić information content (AvgIpc) is 3.25. The summed E-state index contributed by atoms with van der Waals surface area (Å²) in [6, 6.07) is 16.0. The van der Waals surface area contributed by atoms with Crippen LogP contribution in [-0.4, -0.2) is 17.9 Å². The number of hydrogen-bond acceptors (Lipinski definition) is 4. The molecule has 1 atom stereocenters. The zero-order valence-corrected chi connectivity index (χ0v) is 15.9. The van der Waals surface area contributed by atoms with Crippen LogP contribution < -0.4 is 15.4 Å². The van der Waals surface area contributed by atoms with Crippen molar-refractivity contribution in [3.8, 4) is 5.75 Å². The summed E-state index contributed by atoms with van der Waals surface area (Å²) in [5, 5.41) is 5.45. The van der Waals surface area contributed by atoms with Crippen LogP contribution in [0.25, 0.3) is 0 Å². The SMILES string of the molecule is CC[C@@H](Oc1ccccc1F)C(=O)Nc1ccccc1C(=O)NCc1ccco1. The molecule has 150 valence electrons. The van der Waals surface area contributed by atoms with Gasteiger partial charge in [0.05, 0.1) is 24.1 Å². The first-order valence-corrected chi connectivity index (χ1v) is 9.20. The van der Waals surface area contributed by atoms with Crippen LogP contribution in [0.15, 0.2) is 71.3 Å². The largest absolute Gasteiger partial charge is 0.478 e. The average molecular weight is 396 g/mol. The Morgan fingerprint density at radius 1 is 1.07 bits per heavy atom. The van der Waals surface area contributed by atoms with Crippen molar-refractivity contribution in [3.63, 3.8) is 0 Å². The molecule has 0 aliphatic rings. The predicted octanol–water partition coefficient (Wildman–Crippen LogP) is 4.14. The number of benzene rings is 2. The molecule has 6 nitrogen and oxygen atoms in total.